The average Bonchev–Trinajstić information content (AvgIpc) is 2.14. The van der Waals surface area contributed by atoms with E-state index in [1.807, 2.05) is 6.92 Å². The van der Waals surface area contributed by atoms with Gasteiger partial charge in [-0.25, -0.2) is 4.79 Å². The SMILES string of the molecule is C=CCOC(=O)NC(CC)CCO. The number of aliphatic hydroxyl groups excluding tert-OH is 1. The molecule has 0 saturated carbocycles. The topological polar surface area (TPSA) is 58.6 Å². The van der Waals surface area contributed by atoms with Crippen molar-refractivity contribution in [3.05, 3.63) is 12.7 Å². The van der Waals surface area contributed by atoms with Gasteiger partial charge in [0, 0.05) is 12.6 Å². The summed E-state index contributed by atoms with van der Waals surface area (Å²) in [5, 5.41) is 11.3. The van der Waals surface area contributed by atoms with Gasteiger partial charge < -0.3 is 15.2 Å². The van der Waals surface area contributed by atoms with E-state index in [9.17, 15) is 4.79 Å². The summed E-state index contributed by atoms with van der Waals surface area (Å²) in [6, 6.07) is -0.0117. The van der Waals surface area contributed by atoms with Crippen LogP contribution >= 0.6 is 0 Å². The molecule has 0 fully saturated rings. The highest BCUT2D eigenvalue weighted by molar-refractivity contribution is 5.67. The molecule has 0 heterocycles. The lowest BCUT2D eigenvalue weighted by atomic mass is 10.2. The Bertz CT molecular complexity index is 159. The Balaban J connectivity index is 3.65. The maximum Gasteiger partial charge on any atom is 0.407 e. The fourth-order valence-corrected chi connectivity index (χ4v) is 0.877. The van der Waals surface area contributed by atoms with E-state index < -0.39 is 6.09 Å². The molecule has 0 aromatic heterocycles. The molecule has 0 aliphatic heterocycles. The number of alkyl carbamates (subject to hydrolysis) is 1. The van der Waals surface area contributed by atoms with Crippen LogP contribution in [0, 0.1) is 0 Å². The van der Waals surface area contributed by atoms with Gasteiger partial charge in [-0.15, -0.1) is 0 Å². The van der Waals surface area contributed by atoms with Crippen LogP contribution in [0.2, 0.25) is 0 Å². The van der Waals surface area contributed by atoms with E-state index in [-0.39, 0.29) is 19.3 Å². The summed E-state index contributed by atoms with van der Waals surface area (Å²) in [5.74, 6) is 0. The summed E-state index contributed by atoms with van der Waals surface area (Å²) in [4.78, 5) is 11.0. The Morgan fingerprint density at radius 2 is 2.46 bits per heavy atom. The highest BCUT2D eigenvalue weighted by Crippen LogP contribution is 1.96. The van der Waals surface area contributed by atoms with E-state index >= 15 is 0 Å². The van der Waals surface area contributed by atoms with Crippen molar-refractivity contribution in [1.29, 1.82) is 0 Å². The van der Waals surface area contributed by atoms with Crippen molar-refractivity contribution in [2.24, 2.45) is 0 Å². The predicted octanol–water partition coefficient (Wildman–Crippen LogP) is 1.06. The van der Waals surface area contributed by atoms with Crippen molar-refractivity contribution in [3.63, 3.8) is 0 Å². The zero-order chi connectivity index (χ0) is 10.1. The highest BCUT2D eigenvalue weighted by atomic mass is 16.5. The first-order valence-electron chi connectivity index (χ1n) is 4.39. The molecule has 0 spiro atoms. The molecule has 1 amide bonds. The van der Waals surface area contributed by atoms with Crippen LogP contribution in [-0.4, -0.2) is 30.5 Å². The minimum absolute atomic E-state index is 0.0117. The molecule has 0 aliphatic carbocycles. The first kappa shape index (κ1) is 12.0. The van der Waals surface area contributed by atoms with Crippen molar-refractivity contribution >= 4 is 6.09 Å². The molecule has 0 saturated heterocycles. The number of hydrogen-bond acceptors (Lipinski definition) is 3. The second-order valence-corrected chi connectivity index (χ2v) is 2.65. The number of carbonyl (C=O) groups is 1. The monoisotopic (exact) mass is 187 g/mol. The Morgan fingerprint density at radius 1 is 1.77 bits per heavy atom. The van der Waals surface area contributed by atoms with E-state index in [1.165, 1.54) is 6.08 Å². The van der Waals surface area contributed by atoms with Crippen LogP contribution in [0.3, 0.4) is 0 Å². The largest absolute Gasteiger partial charge is 0.445 e. The lowest BCUT2D eigenvalue weighted by Crippen LogP contribution is -2.35. The third kappa shape index (κ3) is 6.16. The van der Waals surface area contributed by atoms with Crippen LogP contribution in [-0.2, 0) is 4.74 Å². The van der Waals surface area contributed by atoms with Crippen LogP contribution in [0.5, 0.6) is 0 Å². The molecule has 1 atom stereocenters. The molecule has 1 unspecified atom stereocenters. The molecule has 0 aliphatic rings. The molecule has 0 aromatic carbocycles. The summed E-state index contributed by atoms with van der Waals surface area (Å²) >= 11 is 0. The summed E-state index contributed by atoms with van der Waals surface area (Å²) in [6.07, 6.45) is 2.39. The zero-order valence-electron chi connectivity index (χ0n) is 7.95. The summed E-state index contributed by atoms with van der Waals surface area (Å²) in [6.45, 7) is 5.64. The number of aliphatic hydroxyl groups is 1. The second kappa shape index (κ2) is 7.61. The Labute approximate surface area is 78.6 Å². The molecule has 4 nitrogen and oxygen atoms in total. The van der Waals surface area contributed by atoms with Gasteiger partial charge in [0.15, 0.2) is 0 Å². The second-order valence-electron chi connectivity index (χ2n) is 2.65. The van der Waals surface area contributed by atoms with Gasteiger partial charge in [-0.05, 0) is 12.8 Å². The fraction of sp³-hybridized carbons (Fsp3) is 0.667. The lowest BCUT2D eigenvalue weighted by Gasteiger charge is -2.14. The van der Waals surface area contributed by atoms with Gasteiger partial charge in [0.2, 0.25) is 0 Å². The van der Waals surface area contributed by atoms with E-state index in [0.29, 0.717) is 6.42 Å². The standard InChI is InChI=1S/C9H17NO3/c1-3-7-13-9(12)10-8(4-2)5-6-11/h3,8,11H,1,4-7H2,2H3,(H,10,12). The number of nitrogens with one attached hydrogen (secondary N) is 1. The molecule has 2 N–H and O–H groups in total. The van der Waals surface area contributed by atoms with Crippen molar-refractivity contribution in [3.8, 4) is 0 Å². The van der Waals surface area contributed by atoms with Gasteiger partial charge in [-0.3, -0.25) is 0 Å². The molecule has 0 bridgehead atoms. The van der Waals surface area contributed by atoms with Gasteiger partial charge >= 0.3 is 6.09 Å². The zero-order valence-corrected chi connectivity index (χ0v) is 7.95. The fourth-order valence-electron chi connectivity index (χ4n) is 0.877. The number of amides is 1. The van der Waals surface area contributed by atoms with Crippen LogP contribution in [0.1, 0.15) is 19.8 Å². The minimum atomic E-state index is -0.458. The first-order chi connectivity index (χ1) is 6.24. The molecule has 76 valence electrons. The van der Waals surface area contributed by atoms with Gasteiger partial charge in [0.25, 0.3) is 0 Å². The van der Waals surface area contributed by atoms with E-state index in [0.717, 1.165) is 6.42 Å². The number of rotatable bonds is 6. The van der Waals surface area contributed by atoms with E-state index in [1.54, 1.807) is 0 Å². The van der Waals surface area contributed by atoms with E-state index in [4.69, 9.17) is 9.84 Å². The quantitative estimate of drug-likeness (QED) is 0.611. The van der Waals surface area contributed by atoms with E-state index in [2.05, 4.69) is 11.9 Å². The Hall–Kier alpha value is -1.03. The van der Waals surface area contributed by atoms with Crippen molar-refractivity contribution in [2.75, 3.05) is 13.2 Å². The van der Waals surface area contributed by atoms with Gasteiger partial charge in [0.05, 0.1) is 0 Å². The Kier molecular flexibility index (Phi) is 7.01. The lowest BCUT2D eigenvalue weighted by molar-refractivity contribution is 0.150. The molecular formula is C9H17NO3. The van der Waals surface area contributed by atoms with Crippen molar-refractivity contribution in [2.45, 2.75) is 25.8 Å². The van der Waals surface area contributed by atoms with Crippen LogP contribution in [0.15, 0.2) is 12.7 Å². The highest BCUT2D eigenvalue weighted by Gasteiger charge is 2.09. The van der Waals surface area contributed by atoms with Crippen molar-refractivity contribution in [1.82, 2.24) is 5.32 Å². The van der Waals surface area contributed by atoms with Gasteiger partial charge in [-0.2, -0.15) is 0 Å². The number of ether oxygens (including phenoxy) is 1. The van der Waals surface area contributed by atoms with Crippen molar-refractivity contribution < 1.29 is 14.6 Å². The summed E-state index contributed by atoms with van der Waals surface area (Å²) < 4.78 is 4.72. The predicted molar refractivity (Wildman–Crippen MR) is 50.5 cm³/mol. The smallest absolute Gasteiger partial charge is 0.407 e. The maximum atomic E-state index is 11.0. The van der Waals surface area contributed by atoms with Gasteiger partial charge in [0.1, 0.15) is 6.61 Å². The summed E-state index contributed by atoms with van der Waals surface area (Å²) in [7, 11) is 0. The minimum Gasteiger partial charge on any atom is -0.445 e. The first-order valence-corrected chi connectivity index (χ1v) is 4.39. The van der Waals surface area contributed by atoms with Crippen LogP contribution < -0.4 is 5.32 Å². The summed E-state index contributed by atoms with van der Waals surface area (Å²) in [5.41, 5.74) is 0. The molecule has 0 rings (SSSR count). The number of hydrogen-bond donors (Lipinski definition) is 2. The van der Waals surface area contributed by atoms with Gasteiger partial charge in [-0.1, -0.05) is 19.6 Å². The Morgan fingerprint density at radius 3 is 2.92 bits per heavy atom. The average molecular weight is 187 g/mol. The number of carbonyl (C=O) groups excluding carboxylic acids is 1. The maximum absolute atomic E-state index is 11.0. The molecular weight excluding hydrogens is 170 g/mol. The third-order valence-electron chi connectivity index (χ3n) is 1.62. The van der Waals surface area contributed by atoms with Crippen LogP contribution in [0.25, 0.3) is 0 Å². The normalized spacial score (nSPS) is 11.8. The molecule has 0 radical (unpaired) electrons. The molecule has 0 aromatic rings. The molecule has 4 heteroatoms. The molecule has 13 heavy (non-hydrogen) atoms. The van der Waals surface area contributed by atoms with Crippen LogP contribution in [0.4, 0.5) is 4.79 Å². The third-order valence-corrected chi connectivity index (χ3v) is 1.62.